The highest BCUT2D eigenvalue weighted by atomic mass is 16.5. The molecule has 0 saturated heterocycles. The van der Waals surface area contributed by atoms with E-state index in [-0.39, 0.29) is 19.3 Å². The van der Waals surface area contributed by atoms with Gasteiger partial charge in [0.15, 0.2) is 0 Å². The Kier molecular flexibility index (Phi) is 6.54. The van der Waals surface area contributed by atoms with Gasteiger partial charge in [-0.25, -0.2) is 0 Å². The van der Waals surface area contributed by atoms with Crippen molar-refractivity contribution in [3.8, 4) is 0 Å². The Bertz CT molecular complexity index is 574. The third-order valence-electron chi connectivity index (χ3n) is 3.44. The van der Waals surface area contributed by atoms with Gasteiger partial charge in [-0.3, -0.25) is 10.1 Å². The van der Waals surface area contributed by atoms with E-state index in [1.165, 1.54) is 6.08 Å². The molecule has 0 saturated carbocycles. The van der Waals surface area contributed by atoms with Gasteiger partial charge in [0.05, 0.1) is 12.6 Å². The molecule has 0 heterocycles. The molecule has 1 atom stereocenters. The summed E-state index contributed by atoms with van der Waals surface area (Å²) < 4.78 is 5.04. The normalized spacial score (nSPS) is 11.9. The quantitative estimate of drug-likeness (QED) is 0.581. The lowest BCUT2D eigenvalue weighted by atomic mass is 9.98. The predicted molar refractivity (Wildman–Crippen MR) is 89.9 cm³/mol. The molecule has 0 aliphatic carbocycles. The van der Waals surface area contributed by atoms with Gasteiger partial charge >= 0.3 is 5.97 Å². The first-order valence-electron chi connectivity index (χ1n) is 7.50. The molecule has 0 fully saturated rings. The maximum absolute atomic E-state index is 12.0. The van der Waals surface area contributed by atoms with E-state index in [9.17, 15) is 9.90 Å². The number of ether oxygens (including phenoxy) is 1. The largest absolute Gasteiger partial charge is 0.460 e. The van der Waals surface area contributed by atoms with Crippen molar-refractivity contribution >= 4 is 5.97 Å². The van der Waals surface area contributed by atoms with Crippen LogP contribution in [0.5, 0.6) is 0 Å². The zero-order valence-electron chi connectivity index (χ0n) is 12.9. The second kappa shape index (κ2) is 8.88. The van der Waals surface area contributed by atoms with Gasteiger partial charge in [-0.05, 0) is 11.1 Å². The Hall–Kier alpha value is -2.43. The molecule has 0 spiro atoms. The summed E-state index contributed by atoms with van der Waals surface area (Å²) in [5, 5.41) is 12.7. The first-order valence-corrected chi connectivity index (χ1v) is 7.50. The van der Waals surface area contributed by atoms with Crippen LogP contribution in [-0.2, 0) is 9.53 Å². The Morgan fingerprint density at radius 2 is 1.61 bits per heavy atom. The second-order valence-electron chi connectivity index (χ2n) is 5.07. The summed E-state index contributed by atoms with van der Waals surface area (Å²) in [6.45, 7) is 3.30. The van der Waals surface area contributed by atoms with Crippen molar-refractivity contribution in [2.75, 3.05) is 13.2 Å². The van der Waals surface area contributed by atoms with Crippen molar-refractivity contribution in [3.63, 3.8) is 0 Å². The highest BCUT2D eigenvalue weighted by molar-refractivity contribution is 5.76. The van der Waals surface area contributed by atoms with Crippen LogP contribution in [0.25, 0.3) is 0 Å². The Morgan fingerprint density at radius 3 is 2.04 bits per heavy atom. The summed E-state index contributed by atoms with van der Waals surface area (Å²) in [5.41, 5.74) is 2.02. The molecule has 23 heavy (non-hydrogen) atoms. The zero-order chi connectivity index (χ0) is 16.5. The third kappa shape index (κ3) is 4.77. The SMILES string of the molecule is C=CCOC(=O)[C@H](CO)NC(c1ccccc1)c1ccccc1. The van der Waals surface area contributed by atoms with Crippen LogP contribution in [0.4, 0.5) is 0 Å². The monoisotopic (exact) mass is 311 g/mol. The van der Waals surface area contributed by atoms with E-state index in [4.69, 9.17) is 4.74 Å². The minimum absolute atomic E-state index is 0.123. The van der Waals surface area contributed by atoms with Gasteiger partial charge in [0, 0.05) is 0 Å². The predicted octanol–water partition coefficient (Wildman–Crippen LogP) is 2.46. The Morgan fingerprint density at radius 1 is 1.09 bits per heavy atom. The number of hydrogen-bond donors (Lipinski definition) is 2. The molecule has 4 nitrogen and oxygen atoms in total. The van der Waals surface area contributed by atoms with Crippen LogP contribution in [0.1, 0.15) is 17.2 Å². The summed E-state index contributed by atoms with van der Waals surface area (Å²) in [6.07, 6.45) is 1.50. The number of hydrogen-bond acceptors (Lipinski definition) is 4. The van der Waals surface area contributed by atoms with E-state index in [2.05, 4.69) is 11.9 Å². The van der Waals surface area contributed by atoms with Gasteiger partial charge in [0.1, 0.15) is 12.6 Å². The number of nitrogens with one attached hydrogen (secondary N) is 1. The number of carbonyl (C=O) groups excluding carboxylic acids is 1. The molecule has 120 valence electrons. The molecule has 0 aliphatic rings. The summed E-state index contributed by atoms with van der Waals surface area (Å²) in [4.78, 5) is 12.0. The third-order valence-corrected chi connectivity index (χ3v) is 3.44. The maximum Gasteiger partial charge on any atom is 0.325 e. The van der Waals surface area contributed by atoms with Crippen LogP contribution >= 0.6 is 0 Å². The minimum Gasteiger partial charge on any atom is -0.460 e. The molecule has 0 aromatic heterocycles. The van der Waals surface area contributed by atoms with Crippen molar-refractivity contribution in [2.24, 2.45) is 0 Å². The van der Waals surface area contributed by atoms with Gasteiger partial charge in [-0.15, -0.1) is 0 Å². The molecule has 2 aromatic rings. The molecule has 0 bridgehead atoms. The van der Waals surface area contributed by atoms with Crippen molar-refractivity contribution in [1.29, 1.82) is 0 Å². The van der Waals surface area contributed by atoms with Crippen LogP contribution < -0.4 is 5.32 Å². The fourth-order valence-corrected chi connectivity index (χ4v) is 2.31. The molecular weight excluding hydrogens is 290 g/mol. The maximum atomic E-state index is 12.0. The van der Waals surface area contributed by atoms with E-state index >= 15 is 0 Å². The standard InChI is InChI=1S/C19H21NO3/c1-2-13-23-19(22)17(14-21)20-18(15-9-5-3-6-10-15)16-11-7-4-8-12-16/h2-12,17-18,20-21H,1,13-14H2/t17-/m0/s1. The summed E-state index contributed by atoms with van der Waals surface area (Å²) in [5.74, 6) is -0.496. The van der Waals surface area contributed by atoms with Gasteiger partial charge in [0.2, 0.25) is 0 Å². The van der Waals surface area contributed by atoms with Gasteiger partial charge < -0.3 is 9.84 Å². The lowest BCUT2D eigenvalue weighted by Crippen LogP contribution is -2.43. The van der Waals surface area contributed by atoms with Gasteiger partial charge in [0.25, 0.3) is 0 Å². The molecule has 2 rings (SSSR count). The molecule has 0 amide bonds. The van der Waals surface area contributed by atoms with Crippen molar-refractivity contribution in [2.45, 2.75) is 12.1 Å². The van der Waals surface area contributed by atoms with Crippen LogP contribution in [0.2, 0.25) is 0 Å². The van der Waals surface area contributed by atoms with Crippen molar-refractivity contribution in [1.82, 2.24) is 5.32 Å². The van der Waals surface area contributed by atoms with Crippen molar-refractivity contribution < 1.29 is 14.6 Å². The van der Waals surface area contributed by atoms with Gasteiger partial charge in [-0.1, -0.05) is 73.3 Å². The van der Waals surface area contributed by atoms with Crippen LogP contribution in [0.3, 0.4) is 0 Å². The van der Waals surface area contributed by atoms with Crippen LogP contribution in [0.15, 0.2) is 73.3 Å². The molecule has 2 aromatic carbocycles. The lowest BCUT2D eigenvalue weighted by molar-refractivity contribution is -0.146. The fourth-order valence-electron chi connectivity index (χ4n) is 2.31. The lowest BCUT2D eigenvalue weighted by Gasteiger charge is -2.24. The minimum atomic E-state index is -0.805. The second-order valence-corrected chi connectivity index (χ2v) is 5.07. The Balaban J connectivity index is 2.24. The van der Waals surface area contributed by atoms with E-state index in [0.717, 1.165) is 11.1 Å². The summed E-state index contributed by atoms with van der Waals surface area (Å²) in [7, 11) is 0. The average Bonchev–Trinajstić information content (AvgIpc) is 2.62. The van der Waals surface area contributed by atoms with E-state index in [1.807, 2.05) is 60.7 Å². The van der Waals surface area contributed by atoms with Gasteiger partial charge in [-0.2, -0.15) is 0 Å². The van der Waals surface area contributed by atoms with E-state index < -0.39 is 12.0 Å². The van der Waals surface area contributed by atoms with Crippen LogP contribution in [-0.4, -0.2) is 30.3 Å². The summed E-state index contributed by atoms with van der Waals surface area (Å²) >= 11 is 0. The van der Waals surface area contributed by atoms with E-state index in [0.29, 0.717) is 0 Å². The molecular formula is C19H21NO3. The van der Waals surface area contributed by atoms with E-state index in [1.54, 1.807) is 0 Å². The molecule has 2 N–H and O–H groups in total. The Labute approximate surface area is 136 Å². The smallest absolute Gasteiger partial charge is 0.325 e. The first kappa shape index (κ1) is 16.9. The number of rotatable bonds is 8. The highest BCUT2D eigenvalue weighted by Crippen LogP contribution is 2.22. The van der Waals surface area contributed by atoms with Crippen LogP contribution in [0, 0.1) is 0 Å². The molecule has 0 aliphatic heterocycles. The average molecular weight is 311 g/mol. The number of esters is 1. The summed E-state index contributed by atoms with van der Waals surface area (Å²) in [6, 6.07) is 18.5. The highest BCUT2D eigenvalue weighted by Gasteiger charge is 2.24. The number of aliphatic hydroxyl groups is 1. The van der Waals surface area contributed by atoms with Crippen molar-refractivity contribution in [3.05, 3.63) is 84.4 Å². The number of aliphatic hydroxyl groups excluding tert-OH is 1. The number of benzene rings is 2. The molecule has 4 heteroatoms. The number of carbonyl (C=O) groups is 1. The first-order chi connectivity index (χ1) is 11.3. The molecule has 0 radical (unpaired) electrons. The fraction of sp³-hybridized carbons (Fsp3) is 0.211. The topological polar surface area (TPSA) is 58.6 Å². The molecule has 0 unspecified atom stereocenters. The zero-order valence-corrected chi connectivity index (χ0v) is 12.9.